The Morgan fingerprint density at radius 3 is 2.47 bits per heavy atom. The molecule has 0 spiro atoms. The molecule has 1 unspecified atom stereocenters. The zero-order valence-corrected chi connectivity index (χ0v) is 8.51. The predicted molar refractivity (Wildman–Crippen MR) is 54.4 cm³/mol. The molecule has 0 aromatic heterocycles. The number of hydrogen-bond donors (Lipinski definition) is 2. The van der Waals surface area contributed by atoms with Crippen LogP contribution in [0, 0.1) is 0 Å². The lowest BCUT2D eigenvalue weighted by molar-refractivity contribution is 0.0600. The van der Waals surface area contributed by atoms with Crippen LogP contribution in [-0.2, 0) is 4.74 Å². The number of methoxy groups -OCH3 is 1. The van der Waals surface area contributed by atoms with Gasteiger partial charge in [-0.2, -0.15) is 0 Å². The molecule has 0 fully saturated rings. The van der Waals surface area contributed by atoms with E-state index in [0.717, 1.165) is 0 Å². The third-order valence-electron chi connectivity index (χ3n) is 2.12. The highest BCUT2D eigenvalue weighted by molar-refractivity contribution is 5.89. The van der Waals surface area contributed by atoms with Gasteiger partial charge in [0.05, 0.1) is 18.8 Å². The van der Waals surface area contributed by atoms with E-state index in [-0.39, 0.29) is 13.0 Å². The maximum Gasteiger partial charge on any atom is 0.337 e. The Bertz CT molecular complexity index is 318. The van der Waals surface area contributed by atoms with Crippen molar-refractivity contribution in [3.8, 4) is 0 Å². The molecule has 1 atom stereocenters. The van der Waals surface area contributed by atoms with Gasteiger partial charge in [-0.3, -0.25) is 0 Å². The molecule has 0 bridgehead atoms. The highest BCUT2D eigenvalue weighted by Crippen LogP contribution is 2.16. The van der Waals surface area contributed by atoms with E-state index in [2.05, 4.69) is 4.74 Å². The molecule has 1 aromatic rings. The minimum absolute atomic E-state index is 0.0695. The van der Waals surface area contributed by atoms with Gasteiger partial charge in [0.1, 0.15) is 0 Å². The minimum atomic E-state index is -0.693. The van der Waals surface area contributed by atoms with Crippen molar-refractivity contribution in [3.05, 3.63) is 35.4 Å². The number of hydrogen-bond acceptors (Lipinski definition) is 4. The number of benzene rings is 1. The molecular formula is C11H14O4. The molecule has 0 saturated heterocycles. The summed E-state index contributed by atoms with van der Waals surface area (Å²) in [6, 6.07) is 6.46. The van der Waals surface area contributed by atoms with E-state index in [1.807, 2.05) is 0 Å². The Morgan fingerprint density at radius 1 is 1.40 bits per heavy atom. The lowest BCUT2D eigenvalue weighted by Crippen LogP contribution is -2.03. The smallest absolute Gasteiger partial charge is 0.337 e. The van der Waals surface area contributed by atoms with Gasteiger partial charge in [0.15, 0.2) is 0 Å². The number of carbonyl (C=O) groups is 1. The van der Waals surface area contributed by atoms with Crippen molar-refractivity contribution < 1.29 is 19.7 Å². The highest BCUT2D eigenvalue weighted by Gasteiger charge is 2.09. The first kappa shape index (κ1) is 11.7. The Hall–Kier alpha value is -1.39. The summed E-state index contributed by atoms with van der Waals surface area (Å²) in [5.74, 6) is -0.404. The van der Waals surface area contributed by atoms with Crippen LogP contribution in [-0.4, -0.2) is 29.9 Å². The molecule has 15 heavy (non-hydrogen) atoms. The third kappa shape index (κ3) is 3.04. The molecule has 2 N–H and O–H groups in total. The summed E-state index contributed by atoms with van der Waals surface area (Å²) in [6.45, 7) is -0.0695. The number of ether oxygens (including phenoxy) is 1. The van der Waals surface area contributed by atoms with Crippen molar-refractivity contribution in [2.24, 2.45) is 0 Å². The van der Waals surface area contributed by atoms with E-state index in [1.54, 1.807) is 24.3 Å². The first-order valence-electron chi connectivity index (χ1n) is 4.66. The lowest BCUT2D eigenvalue weighted by atomic mass is 10.1. The summed E-state index contributed by atoms with van der Waals surface area (Å²) < 4.78 is 4.54. The quantitative estimate of drug-likeness (QED) is 0.724. The van der Waals surface area contributed by atoms with E-state index in [4.69, 9.17) is 5.11 Å². The predicted octanol–water partition coefficient (Wildman–Crippen LogP) is 0.889. The number of esters is 1. The van der Waals surface area contributed by atoms with Crippen molar-refractivity contribution in [3.63, 3.8) is 0 Å². The third-order valence-corrected chi connectivity index (χ3v) is 2.12. The fourth-order valence-electron chi connectivity index (χ4n) is 1.25. The molecule has 0 aliphatic carbocycles. The Morgan fingerprint density at radius 2 is 2.00 bits per heavy atom. The molecule has 0 saturated carbocycles. The average Bonchev–Trinajstić information content (AvgIpc) is 2.28. The fraction of sp³-hybridized carbons (Fsp3) is 0.364. The van der Waals surface area contributed by atoms with Gasteiger partial charge in [0.2, 0.25) is 0 Å². The van der Waals surface area contributed by atoms with Crippen LogP contribution in [0.15, 0.2) is 24.3 Å². The van der Waals surface area contributed by atoms with Crippen molar-refractivity contribution in [1.82, 2.24) is 0 Å². The first-order valence-corrected chi connectivity index (χ1v) is 4.66. The second kappa shape index (κ2) is 5.48. The standard InChI is InChI=1S/C11H14O4/c1-15-11(14)9-4-2-8(3-5-9)10(13)6-7-12/h2-5,10,12-13H,6-7H2,1H3. The molecule has 0 heterocycles. The van der Waals surface area contributed by atoms with Gasteiger partial charge >= 0.3 is 5.97 Å². The zero-order valence-electron chi connectivity index (χ0n) is 8.51. The van der Waals surface area contributed by atoms with Gasteiger partial charge in [0.25, 0.3) is 0 Å². The minimum Gasteiger partial charge on any atom is -0.465 e. The van der Waals surface area contributed by atoms with E-state index in [9.17, 15) is 9.90 Å². The molecule has 4 nitrogen and oxygen atoms in total. The number of aliphatic hydroxyl groups excluding tert-OH is 2. The molecule has 82 valence electrons. The molecule has 0 aliphatic heterocycles. The molecule has 1 rings (SSSR count). The van der Waals surface area contributed by atoms with Crippen LogP contribution in [0.3, 0.4) is 0 Å². The maximum absolute atomic E-state index is 11.1. The summed E-state index contributed by atoms with van der Waals surface area (Å²) >= 11 is 0. The Balaban J connectivity index is 2.76. The molecule has 1 aromatic carbocycles. The van der Waals surface area contributed by atoms with Crippen molar-refractivity contribution in [2.75, 3.05) is 13.7 Å². The summed E-state index contributed by atoms with van der Waals surface area (Å²) in [5.41, 5.74) is 1.12. The summed E-state index contributed by atoms with van der Waals surface area (Å²) in [6.07, 6.45) is -0.404. The van der Waals surface area contributed by atoms with Gasteiger partial charge < -0.3 is 14.9 Å². The zero-order chi connectivity index (χ0) is 11.3. The van der Waals surface area contributed by atoms with Gasteiger partial charge in [-0.15, -0.1) is 0 Å². The topological polar surface area (TPSA) is 66.8 Å². The van der Waals surface area contributed by atoms with Gasteiger partial charge in [-0.1, -0.05) is 12.1 Å². The second-order valence-corrected chi connectivity index (χ2v) is 3.14. The molecule has 4 heteroatoms. The van der Waals surface area contributed by atoms with Gasteiger partial charge in [-0.25, -0.2) is 4.79 Å². The van der Waals surface area contributed by atoms with Crippen LogP contribution < -0.4 is 0 Å². The number of aliphatic hydroxyl groups is 2. The van der Waals surface area contributed by atoms with Crippen molar-refractivity contribution >= 4 is 5.97 Å². The van der Waals surface area contributed by atoms with E-state index in [0.29, 0.717) is 11.1 Å². The van der Waals surface area contributed by atoms with E-state index in [1.165, 1.54) is 7.11 Å². The summed E-state index contributed by atoms with van der Waals surface area (Å²) in [7, 11) is 1.32. The molecule has 0 aliphatic rings. The second-order valence-electron chi connectivity index (χ2n) is 3.14. The largest absolute Gasteiger partial charge is 0.465 e. The normalized spacial score (nSPS) is 12.2. The van der Waals surface area contributed by atoms with Gasteiger partial charge in [0, 0.05) is 13.0 Å². The monoisotopic (exact) mass is 210 g/mol. The Labute approximate surface area is 88.1 Å². The summed E-state index contributed by atoms with van der Waals surface area (Å²) in [4.78, 5) is 11.1. The number of carbonyl (C=O) groups excluding carboxylic acids is 1. The highest BCUT2D eigenvalue weighted by atomic mass is 16.5. The summed E-state index contributed by atoms with van der Waals surface area (Å²) in [5, 5.41) is 18.2. The molecule has 0 amide bonds. The molecular weight excluding hydrogens is 196 g/mol. The SMILES string of the molecule is COC(=O)c1ccc(C(O)CCO)cc1. The first-order chi connectivity index (χ1) is 7.19. The lowest BCUT2D eigenvalue weighted by Gasteiger charge is -2.09. The van der Waals surface area contributed by atoms with Gasteiger partial charge in [-0.05, 0) is 17.7 Å². The van der Waals surface area contributed by atoms with Crippen LogP contribution in [0.4, 0.5) is 0 Å². The van der Waals surface area contributed by atoms with Crippen molar-refractivity contribution in [2.45, 2.75) is 12.5 Å². The van der Waals surface area contributed by atoms with Crippen LogP contribution >= 0.6 is 0 Å². The Kier molecular flexibility index (Phi) is 4.27. The van der Waals surface area contributed by atoms with E-state index >= 15 is 0 Å². The maximum atomic E-state index is 11.1. The average molecular weight is 210 g/mol. The van der Waals surface area contributed by atoms with E-state index < -0.39 is 12.1 Å². The van der Waals surface area contributed by atoms with Crippen LogP contribution in [0.2, 0.25) is 0 Å². The number of rotatable bonds is 4. The molecule has 0 radical (unpaired) electrons. The van der Waals surface area contributed by atoms with Crippen molar-refractivity contribution in [1.29, 1.82) is 0 Å². The van der Waals surface area contributed by atoms with Crippen LogP contribution in [0.1, 0.15) is 28.4 Å². The van der Waals surface area contributed by atoms with Crippen LogP contribution in [0.5, 0.6) is 0 Å². The fourth-order valence-corrected chi connectivity index (χ4v) is 1.25. The van der Waals surface area contributed by atoms with Crippen LogP contribution in [0.25, 0.3) is 0 Å².